The molecule has 0 amide bonds. The Morgan fingerprint density at radius 1 is 0.381 bits per heavy atom. The summed E-state index contributed by atoms with van der Waals surface area (Å²) >= 11 is 3.77. The number of nitrogens with zero attached hydrogens (tertiary/aromatic N) is 2. The zero-order valence-corrected chi connectivity index (χ0v) is 24.2. The summed E-state index contributed by atoms with van der Waals surface area (Å²) in [6.07, 6.45) is 4.61. The molecule has 0 saturated carbocycles. The van der Waals surface area contributed by atoms with E-state index in [9.17, 15) is 0 Å². The summed E-state index contributed by atoms with van der Waals surface area (Å²) in [7, 11) is 0. The molecule has 0 spiro atoms. The molecule has 0 bridgehead atoms. The van der Waals surface area contributed by atoms with Gasteiger partial charge in [-0.25, -0.2) is 0 Å². The fourth-order valence-corrected chi connectivity index (χ4v) is 8.45. The predicted octanol–water partition coefficient (Wildman–Crippen LogP) is 11.3. The van der Waals surface area contributed by atoms with Gasteiger partial charge in [-0.15, -0.1) is 22.7 Å². The molecule has 9 rings (SSSR count). The van der Waals surface area contributed by atoms with Crippen molar-refractivity contribution in [3.8, 4) is 32.3 Å². The minimum absolute atomic E-state index is 1.18. The van der Waals surface area contributed by atoms with Crippen LogP contribution in [0.5, 0.6) is 0 Å². The number of thiophene rings is 2. The highest BCUT2D eigenvalue weighted by atomic mass is 32.1. The largest absolute Gasteiger partial charge is 0.316 e. The van der Waals surface area contributed by atoms with Gasteiger partial charge in [0.15, 0.2) is 0 Å². The molecule has 4 aromatic heterocycles. The summed E-state index contributed by atoms with van der Waals surface area (Å²) in [6.45, 7) is 0. The number of para-hydroxylation sites is 4. The summed E-state index contributed by atoms with van der Waals surface area (Å²) in [4.78, 5) is 2.61. The molecule has 0 unspecified atom stereocenters. The second kappa shape index (κ2) is 9.31. The van der Waals surface area contributed by atoms with Crippen LogP contribution in [0.4, 0.5) is 0 Å². The molecule has 4 heterocycles. The smallest absolute Gasteiger partial charge is 0.0535 e. The Kier molecular flexibility index (Phi) is 5.27. The molecular weight excluding hydrogens is 549 g/mol. The van der Waals surface area contributed by atoms with Crippen LogP contribution in [0.1, 0.15) is 0 Å². The molecule has 0 aliphatic carbocycles. The maximum atomic E-state index is 2.41. The summed E-state index contributed by atoms with van der Waals surface area (Å²) in [5.41, 5.74) is 7.39. The van der Waals surface area contributed by atoms with Gasteiger partial charge in [0, 0.05) is 75.6 Å². The van der Waals surface area contributed by atoms with E-state index in [0.717, 1.165) is 0 Å². The van der Waals surface area contributed by atoms with Gasteiger partial charge in [0.25, 0.3) is 0 Å². The number of hydrogen-bond acceptors (Lipinski definition) is 2. The highest BCUT2D eigenvalue weighted by molar-refractivity contribution is 7.24. The van der Waals surface area contributed by atoms with Crippen molar-refractivity contribution in [3.63, 3.8) is 0 Å². The van der Waals surface area contributed by atoms with E-state index in [2.05, 4.69) is 155 Å². The SMILES string of the molecule is c1ccc(-n2cc(-c3cc4c(ccc5sc(-c6cn(-c7ccccc7)c7ccccc67)cc54)s3)c3ccccc32)cc1. The zero-order valence-electron chi connectivity index (χ0n) is 22.6. The molecule has 0 N–H and O–H groups in total. The van der Waals surface area contributed by atoms with E-state index in [1.807, 2.05) is 22.7 Å². The predicted molar refractivity (Wildman–Crippen MR) is 182 cm³/mol. The second-order valence-corrected chi connectivity index (χ2v) is 12.8. The first-order valence-corrected chi connectivity index (χ1v) is 15.7. The Balaban J connectivity index is 1.21. The number of hydrogen-bond donors (Lipinski definition) is 0. The fraction of sp³-hybridized carbons (Fsp3) is 0. The standard InChI is InChI=1S/C38H24N2S2/c1-3-11-25(12-4-1)39-23-31(27-15-7-9-17-33(27)39)37-21-29-30-22-38(42-36(30)20-19-35(29)41-37)32-24-40(26-13-5-2-6-14-26)34-18-10-8-16-28(32)34/h1-24H. The minimum atomic E-state index is 1.18. The Morgan fingerprint density at radius 3 is 1.24 bits per heavy atom. The minimum Gasteiger partial charge on any atom is -0.316 e. The molecular formula is C38H24N2S2. The third-order valence-corrected chi connectivity index (χ3v) is 10.5. The van der Waals surface area contributed by atoms with Gasteiger partial charge in [-0.05, 0) is 60.7 Å². The van der Waals surface area contributed by atoms with Crippen LogP contribution in [-0.4, -0.2) is 9.13 Å². The number of aromatic nitrogens is 2. The fourth-order valence-electron chi connectivity index (χ4n) is 6.25. The van der Waals surface area contributed by atoms with Crippen molar-refractivity contribution in [2.75, 3.05) is 0 Å². The van der Waals surface area contributed by atoms with Crippen molar-refractivity contribution in [1.82, 2.24) is 9.13 Å². The maximum absolute atomic E-state index is 2.41. The van der Waals surface area contributed by atoms with E-state index in [-0.39, 0.29) is 0 Å². The summed E-state index contributed by atoms with van der Waals surface area (Å²) < 4.78 is 7.28. The van der Waals surface area contributed by atoms with E-state index in [1.54, 1.807) is 0 Å². The van der Waals surface area contributed by atoms with Crippen LogP contribution >= 0.6 is 22.7 Å². The van der Waals surface area contributed by atoms with Gasteiger partial charge in [-0.2, -0.15) is 0 Å². The molecule has 0 fully saturated rings. The average molecular weight is 573 g/mol. The van der Waals surface area contributed by atoms with E-state index in [0.29, 0.717) is 0 Å². The Bertz CT molecular complexity index is 2230. The van der Waals surface area contributed by atoms with Gasteiger partial charge in [-0.3, -0.25) is 0 Å². The Labute approximate surface area is 251 Å². The molecule has 198 valence electrons. The summed E-state index contributed by atoms with van der Waals surface area (Å²) in [6, 6.07) is 48.1. The molecule has 5 aromatic carbocycles. The lowest BCUT2D eigenvalue weighted by molar-refractivity contribution is 1.13. The van der Waals surface area contributed by atoms with Crippen LogP contribution in [0.3, 0.4) is 0 Å². The normalized spacial score (nSPS) is 11.8. The van der Waals surface area contributed by atoms with Crippen LogP contribution in [0.25, 0.3) is 74.2 Å². The molecule has 0 aliphatic heterocycles. The van der Waals surface area contributed by atoms with Crippen molar-refractivity contribution in [2.45, 2.75) is 0 Å². The van der Waals surface area contributed by atoms with Crippen molar-refractivity contribution in [2.24, 2.45) is 0 Å². The molecule has 42 heavy (non-hydrogen) atoms. The number of rotatable bonds is 4. The Hall–Kier alpha value is -4.90. The third kappa shape index (κ3) is 3.63. The molecule has 0 radical (unpaired) electrons. The lowest BCUT2D eigenvalue weighted by Gasteiger charge is -2.04. The van der Waals surface area contributed by atoms with Crippen LogP contribution in [0.15, 0.2) is 146 Å². The molecule has 9 aromatic rings. The van der Waals surface area contributed by atoms with Gasteiger partial charge < -0.3 is 9.13 Å². The zero-order chi connectivity index (χ0) is 27.6. The van der Waals surface area contributed by atoms with Crippen molar-refractivity contribution >= 4 is 64.7 Å². The third-order valence-electron chi connectivity index (χ3n) is 8.22. The molecule has 0 saturated heterocycles. The van der Waals surface area contributed by atoms with E-state index in [4.69, 9.17) is 0 Å². The first kappa shape index (κ1) is 23.8. The van der Waals surface area contributed by atoms with Crippen LogP contribution in [0, 0.1) is 0 Å². The highest BCUT2D eigenvalue weighted by Gasteiger charge is 2.18. The molecule has 0 aliphatic rings. The lowest BCUT2D eigenvalue weighted by Crippen LogP contribution is -1.90. The highest BCUT2D eigenvalue weighted by Crippen LogP contribution is 2.45. The average Bonchev–Trinajstić information content (AvgIpc) is 3.83. The van der Waals surface area contributed by atoms with Crippen molar-refractivity contribution < 1.29 is 0 Å². The molecule has 2 nitrogen and oxygen atoms in total. The van der Waals surface area contributed by atoms with Gasteiger partial charge >= 0.3 is 0 Å². The lowest BCUT2D eigenvalue weighted by atomic mass is 10.1. The second-order valence-electron chi connectivity index (χ2n) is 10.6. The summed E-state index contributed by atoms with van der Waals surface area (Å²) in [5.74, 6) is 0. The monoisotopic (exact) mass is 572 g/mol. The molecule has 0 atom stereocenters. The maximum Gasteiger partial charge on any atom is 0.0535 e. The van der Waals surface area contributed by atoms with Gasteiger partial charge in [-0.1, -0.05) is 72.8 Å². The van der Waals surface area contributed by atoms with Crippen molar-refractivity contribution in [3.05, 3.63) is 146 Å². The van der Waals surface area contributed by atoms with Crippen LogP contribution in [0.2, 0.25) is 0 Å². The quantitative estimate of drug-likeness (QED) is 0.198. The van der Waals surface area contributed by atoms with E-state index >= 15 is 0 Å². The first-order valence-electron chi connectivity index (χ1n) is 14.1. The van der Waals surface area contributed by atoms with Gasteiger partial charge in [0.05, 0.1) is 11.0 Å². The Morgan fingerprint density at radius 2 is 0.786 bits per heavy atom. The van der Waals surface area contributed by atoms with Gasteiger partial charge in [0.1, 0.15) is 0 Å². The van der Waals surface area contributed by atoms with E-state index in [1.165, 1.54) is 74.2 Å². The number of fused-ring (bicyclic) bond motifs is 5. The number of benzene rings is 5. The topological polar surface area (TPSA) is 9.86 Å². The molecule has 4 heteroatoms. The van der Waals surface area contributed by atoms with Crippen LogP contribution < -0.4 is 0 Å². The van der Waals surface area contributed by atoms with Crippen LogP contribution in [-0.2, 0) is 0 Å². The van der Waals surface area contributed by atoms with Gasteiger partial charge in [0.2, 0.25) is 0 Å². The van der Waals surface area contributed by atoms with E-state index < -0.39 is 0 Å². The van der Waals surface area contributed by atoms with Crippen molar-refractivity contribution in [1.29, 1.82) is 0 Å². The summed E-state index contributed by atoms with van der Waals surface area (Å²) in [5, 5.41) is 5.23. The first-order chi connectivity index (χ1) is 20.8.